The van der Waals surface area contributed by atoms with Gasteiger partial charge in [-0.2, -0.15) is 5.26 Å². The molecule has 0 aliphatic carbocycles. The van der Waals surface area contributed by atoms with Crippen molar-refractivity contribution in [1.82, 2.24) is 4.90 Å². The van der Waals surface area contributed by atoms with Crippen LogP contribution in [0.1, 0.15) is 38.7 Å². The van der Waals surface area contributed by atoms with E-state index in [1.54, 1.807) is 11.3 Å². The van der Waals surface area contributed by atoms with Crippen LogP contribution in [-0.2, 0) is 6.54 Å². The van der Waals surface area contributed by atoms with Gasteiger partial charge in [0.25, 0.3) is 0 Å². The minimum Gasteiger partial charge on any atom is -0.299 e. The van der Waals surface area contributed by atoms with Crippen molar-refractivity contribution >= 4 is 22.9 Å². The third-order valence-electron chi connectivity index (χ3n) is 5.73. The normalized spacial score (nSPS) is 17.6. The Morgan fingerprint density at radius 3 is 2.36 bits per heavy atom. The zero-order valence-electron chi connectivity index (χ0n) is 15.0. The molecule has 25 heavy (non-hydrogen) atoms. The van der Waals surface area contributed by atoms with Crippen LogP contribution in [0.3, 0.4) is 0 Å². The van der Waals surface area contributed by atoms with Gasteiger partial charge in [-0.15, -0.1) is 11.3 Å². The molecule has 2 heterocycles. The van der Waals surface area contributed by atoms with E-state index in [0.29, 0.717) is 12.3 Å². The van der Waals surface area contributed by atoms with E-state index in [-0.39, 0.29) is 5.41 Å². The van der Waals surface area contributed by atoms with Gasteiger partial charge in [0.05, 0.1) is 10.4 Å². The van der Waals surface area contributed by atoms with Crippen molar-refractivity contribution in [3.8, 4) is 16.5 Å². The lowest BCUT2D eigenvalue weighted by Gasteiger charge is -2.43. The molecule has 0 N–H and O–H groups in total. The fourth-order valence-electron chi connectivity index (χ4n) is 3.77. The van der Waals surface area contributed by atoms with Crippen molar-refractivity contribution < 1.29 is 0 Å². The molecule has 1 fully saturated rings. The summed E-state index contributed by atoms with van der Waals surface area (Å²) in [5, 5.41) is 9.18. The molecular weight excluding hydrogens is 348 g/mol. The molecule has 1 aliphatic rings. The van der Waals surface area contributed by atoms with Gasteiger partial charge >= 0.3 is 0 Å². The molecule has 2 nitrogen and oxygen atoms in total. The Balaban J connectivity index is 1.60. The summed E-state index contributed by atoms with van der Waals surface area (Å²) >= 11 is 7.65. The van der Waals surface area contributed by atoms with E-state index in [2.05, 4.69) is 55.1 Å². The molecule has 0 saturated carbocycles. The van der Waals surface area contributed by atoms with Crippen molar-refractivity contribution in [2.75, 3.05) is 13.1 Å². The summed E-state index contributed by atoms with van der Waals surface area (Å²) in [4.78, 5) is 3.74. The highest BCUT2D eigenvalue weighted by molar-refractivity contribution is 7.19. The van der Waals surface area contributed by atoms with E-state index in [4.69, 9.17) is 11.6 Å². The SMILES string of the molecule is CC(C)C1(CC#N)CCN(Cc2ccc(-c3ccc(Cl)s3)cc2)CC1. The van der Waals surface area contributed by atoms with Gasteiger partial charge in [-0.1, -0.05) is 49.7 Å². The summed E-state index contributed by atoms with van der Waals surface area (Å²) in [5.74, 6) is 0.575. The first-order valence-electron chi connectivity index (χ1n) is 8.96. The molecule has 0 unspecified atom stereocenters. The molecule has 0 bridgehead atoms. The first-order chi connectivity index (χ1) is 12.0. The Morgan fingerprint density at radius 1 is 1.16 bits per heavy atom. The zero-order chi connectivity index (χ0) is 17.9. The van der Waals surface area contributed by atoms with Crippen LogP contribution in [0.15, 0.2) is 36.4 Å². The number of benzene rings is 1. The number of hydrogen-bond donors (Lipinski definition) is 0. The Bertz CT molecular complexity index is 734. The van der Waals surface area contributed by atoms with Crippen molar-refractivity contribution in [3.05, 3.63) is 46.3 Å². The molecule has 2 aromatic rings. The van der Waals surface area contributed by atoms with Crippen molar-refractivity contribution in [1.29, 1.82) is 5.26 Å². The van der Waals surface area contributed by atoms with Gasteiger partial charge in [0.2, 0.25) is 0 Å². The minimum absolute atomic E-state index is 0.216. The highest BCUT2D eigenvalue weighted by Gasteiger charge is 2.37. The molecular formula is C21H25ClN2S. The molecule has 0 spiro atoms. The van der Waals surface area contributed by atoms with Crippen LogP contribution < -0.4 is 0 Å². The van der Waals surface area contributed by atoms with Gasteiger partial charge in [-0.3, -0.25) is 4.90 Å². The first kappa shape index (κ1) is 18.5. The maximum absolute atomic E-state index is 9.18. The molecule has 1 saturated heterocycles. The van der Waals surface area contributed by atoms with Crippen LogP contribution in [0.4, 0.5) is 0 Å². The van der Waals surface area contributed by atoms with Gasteiger partial charge < -0.3 is 0 Å². The fraction of sp³-hybridized carbons (Fsp3) is 0.476. The lowest BCUT2D eigenvalue weighted by molar-refractivity contribution is 0.0617. The number of rotatable bonds is 5. The standard InChI is InChI=1S/C21H25ClN2S/c1-16(2)21(9-12-23)10-13-24(14-11-21)15-17-3-5-18(6-4-17)19-7-8-20(22)25-19/h3-8,16H,9-11,13-15H2,1-2H3. The largest absolute Gasteiger partial charge is 0.299 e. The highest BCUT2D eigenvalue weighted by Crippen LogP contribution is 2.42. The number of piperidine rings is 1. The Labute approximate surface area is 160 Å². The predicted octanol–water partition coefficient (Wildman–Crippen LogP) is 6.22. The molecule has 1 aromatic heterocycles. The van der Waals surface area contributed by atoms with Crippen LogP contribution in [-0.4, -0.2) is 18.0 Å². The minimum atomic E-state index is 0.216. The summed E-state index contributed by atoms with van der Waals surface area (Å²) in [6.07, 6.45) is 2.95. The molecule has 0 amide bonds. The van der Waals surface area contributed by atoms with E-state index in [1.165, 1.54) is 16.0 Å². The maximum atomic E-state index is 9.18. The van der Waals surface area contributed by atoms with Crippen molar-refractivity contribution in [3.63, 3.8) is 0 Å². The Kier molecular flexibility index (Phi) is 5.84. The van der Waals surface area contributed by atoms with Crippen LogP contribution in [0.2, 0.25) is 4.34 Å². The number of nitriles is 1. The van der Waals surface area contributed by atoms with Crippen LogP contribution in [0.5, 0.6) is 0 Å². The number of thiophene rings is 1. The van der Waals surface area contributed by atoms with Crippen molar-refractivity contribution in [2.24, 2.45) is 11.3 Å². The molecule has 3 rings (SSSR count). The van der Waals surface area contributed by atoms with Gasteiger partial charge in [-0.25, -0.2) is 0 Å². The number of halogens is 1. The second-order valence-electron chi connectivity index (χ2n) is 7.43. The van der Waals surface area contributed by atoms with E-state index < -0.39 is 0 Å². The molecule has 0 atom stereocenters. The van der Waals surface area contributed by atoms with E-state index in [1.807, 2.05) is 6.07 Å². The first-order valence-corrected chi connectivity index (χ1v) is 10.2. The topological polar surface area (TPSA) is 27.0 Å². The molecule has 1 aromatic carbocycles. The molecule has 0 radical (unpaired) electrons. The smallest absolute Gasteiger partial charge is 0.0934 e. The van der Waals surface area contributed by atoms with Gasteiger partial charge in [-0.05, 0) is 60.5 Å². The van der Waals surface area contributed by atoms with Gasteiger partial charge in [0, 0.05) is 17.8 Å². The number of hydrogen-bond acceptors (Lipinski definition) is 3. The second-order valence-corrected chi connectivity index (χ2v) is 9.14. The summed E-state index contributed by atoms with van der Waals surface area (Å²) in [6.45, 7) is 7.70. The lowest BCUT2D eigenvalue weighted by Crippen LogP contribution is -2.42. The maximum Gasteiger partial charge on any atom is 0.0934 e. The highest BCUT2D eigenvalue weighted by atomic mass is 35.5. The molecule has 4 heteroatoms. The quantitative estimate of drug-likeness (QED) is 0.622. The van der Waals surface area contributed by atoms with E-state index >= 15 is 0 Å². The van der Waals surface area contributed by atoms with Gasteiger partial charge in [0.1, 0.15) is 0 Å². The average molecular weight is 373 g/mol. The fourth-order valence-corrected chi connectivity index (χ4v) is 4.82. The van der Waals surface area contributed by atoms with E-state index in [0.717, 1.165) is 36.8 Å². The summed E-state index contributed by atoms with van der Waals surface area (Å²) < 4.78 is 0.832. The van der Waals surface area contributed by atoms with Crippen LogP contribution >= 0.6 is 22.9 Å². The lowest BCUT2D eigenvalue weighted by atomic mass is 9.68. The summed E-state index contributed by atoms with van der Waals surface area (Å²) in [6, 6.07) is 15.3. The molecule has 1 aliphatic heterocycles. The third-order valence-corrected chi connectivity index (χ3v) is 7.01. The Morgan fingerprint density at radius 2 is 1.84 bits per heavy atom. The summed E-state index contributed by atoms with van der Waals surface area (Å²) in [7, 11) is 0. The third kappa shape index (κ3) is 4.26. The summed E-state index contributed by atoms with van der Waals surface area (Å²) in [5.41, 5.74) is 2.80. The van der Waals surface area contributed by atoms with Gasteiger partial charge in [0.15, 0.2) is 0 Å². The van der Waals surface area contributed by atoms with Crippen LogP contribution in [0.25, 0.3) is 10.4 Å². The zero-order valence-corrected chi connectivity index (χ0v) is 16.5. The van der Waals surface area contributed by atoms with Crippen LogP contribution in [0, 0.1) is 22.7 Å². The second kappa shape index (κ2) is 7.91. The Hall–Kier alpha value is -1.34. The monoisotopic (exact) mass is 372 g/mol. The number of nitrogens with zero attached hydrogens (tertiary/aromatic N) is 2. The van der Waals surface area contributed by atoms with Crippen molar-refractivity contribution in [2.45, 2.75) is 39.7 Å². The predicted molar refractivity (Wildman–Crippen MR) is 107 cm³/mol. The van der Waals surface area contributed by atoms with E-state index in [9.17, 15) is 5.26 Å². The molecule has 132 valence electrons. The number of likely N-dealkylation sites (tertiary alicyclic amines) is 1. The average Bonchev–Trinajstić information content (AvgIpc) is 3.04.